The molecule has 0 saturated carbocycles. The minimum absolute atomic E-state index is 0.0318. The van der Waals surface area contributed by atoms with Gasteiger partial charge < -0.3 is 31.7 Å². The van der Waals surface area contributed by atoms with Crippen molar-refractivity contribution < 1.29 is 14.1 Å². The van der Waals surface area contributed by atoms with Crippen molar-refractivity contribution >= 4 is 45.9 Å². The number of nitrogens with zero attached hydrogens (tertiary/aromatic N) is 5. The lowest BCUT2D eigenvalue weighted by molar-refractivity contribution is -0.676. The van der Waals surface area contributed by atoms with E-state index in [0.717, 1.165) is 35.7 Å². The number of fused-ring (bicyclic) bond motifs is 1. The summed E-state index contributed by atoms with van der Waals surface area (Å²) in [6.07, 6.45) is 0. The summed E-state index contributed by atoms with van der Waals surface area (Å²) in [6, 6.07) is 6.01. The van der Waals surface area contributed by atoms with E-state index in [9.17, 15) is 4.79 Å². The van der Waals surface area contributed by atoms with Crippen LogP contribution in [0.1, 0.15) is 25.4 Å². The number of anilines is 2. The van der Waals surface area contributed by atoms with E-state index in [0.29, 0.717) is 37.6 Å². The number of nitrogen functional groups attached to an aromatic ring is 2. The predicted molar refractivity (Wildman–Crippen MR) is 142 cm³/mol. The normalized spacial score (nSPS) is 11.2. The number of carbonyl (C=O) groups is 1. The zero-order valence-corrected chi connectivity index (χ0v) is 22.0. The highest BCUT2D eigenvalue weighted by Gasteiger charge is 2.24. The van der Waals surface area contributed by atoms with Crippen LogP contribution < -0.4 is 31.4 Å². The average Bonchev–Trinajstić information content (AvgIpc) is 3.13. The fraction of sp³-hybridized carbons (Fsp3) is 0.417. The summed E-state index contributed by atoms with van der Waals surface area (Å²) in [6.45, 7) is 11.4. The lowest BCUT2D eigenvalue weighted by Gasteiger charge is -2.11. The third kappa shape index (κ3) is 6.16. The number of amides is 1. The number of aromatic nitrogens is 4. The van der Waals surface area contributed by atoms with Gasteiger partial charge in [-0.3, -0.25) is 4.79 Å². The third-order valence-corrected chi connectivity index (χ3v) is 5.87. The Bertz CT molecular complexity index is 1260. The molecule has 2 heterocycles. The highest BCUT2D eigenvalue weighted by atomic mass is 35.5. The number of likely N-dealkylation sites (N-methyl/N-ethyl adjacent to an activating group) is 1. The summed E-state index contributed by atoms with van der Waals surface area (Å²) in [4.78, 5) is 21.9. The van der Waals surface area contributed by atoms with Crippen molar-refractivity contribution in [3.05, 3.63) is 41.4 Å². The summed E-state index contributed by atoms with van der Waals surface area (Å²) in [5.41, 5.74) is 14.7. The SMILES string of the molecule is C=C(NCc1n(CC)c2cc(OCCNC(=O)CN(C)C)ccc2[n+]1CC)c1nc(Cl)c(N)nc1N. The van der Waals surface area contributed by atoms with Crippen molar-refractivity contribution in [2.75, 3.05) is 45.3 Å². The molecule has 3 rings (SSSR count). The van der Waals surface area contributed by atoms with Gasteiger partial charge in [0, 0.05) is 6.07 Å². The first kappa shape index (κ1) is 27.0. The second kappa shape index (κ2) is 11.9. The fourth-order valence-corrected chi connectivity index (χ4v) is 4.12. The van der Waals surface area contributed by atoms with Gasteiger partial charge in [-0.05, 0) is 40.1 Å². The first-order valence-corrected chi connectivity index (χ1v) is 12.1. The van der Waals surface area contributed by atoms with Gasteiger partial charge in [-0.1, -0.05) is 18.2 Å². The summed E-state index contributed by atoms with van der Waals surface area (Å²) < 4.78 is 10.4. The first-order chi connectivity index (χ1) is 17.2. The van der Waals surface area contributed by atoms with Crippen molar-refractivity contribution in [3.63, 3.8) is 0 Å². The van der Waals surface area contributed by atoms with E-state index in [-0.39, 0.29) is 22.7 Å². The molecule has 12 heteroatoms. The van der Waals surface area contributed by atoms with Crippen LogP contribution in [0.3, 0.4) is 0 Å². The zero-order chi connectivity index (χ0) is 26.4. The maximum absolute atomic E-state index is 11.8. The van der Waals surface area contributed by atoms with Gasteiger partial charge in [0.25, 0.3) is 5.82 Å². The van der Waals surface area contributed by atoms with Crippen LogP contribution in [0.15, 0.2) is 24.8 Å². The summed E-state index contributed by atoms with van der Waals surface area (Å²) in [7, 11) is 3.71. The van der Waals surface area contributed by atoms with Crippen LogP contribution in [0, 0.1) is 0 Å². The Morgan fingerprint density at radius 2 is 1.97 bits per heavy atom. The van der Waals surface area contributed by atoms with Gasteiger partial charge in [-0.2, -0.15) is 0 Å². The predicted octanol–water partition coefficient (Wildman–Crippen LogP) is 1.39. The van der Waals surface area contributed by atoms with Gasteiger partial charge in [-0.15, -0.1) is 0 Å². The Morgan fingerprint density at radius 3 is 2.64 bits per heavy atom. The second-order valence-corrected chi connectivity index (χ2v) is 8.82. The zero-order valence-electron chi connectivity index (χ0n) is 21.3. The second-order valence-electron chi connectivity index (χ2n) is 8.46. The molecule has 36 heavy (non-hydrogen) atoms. The highest BCUT2D eigenvalue weighted by Crippen LogP contribution is 2.23. The van der Waals surface area contributed by atoms with E-state index in [1.165, 1.54) is 0 Å². The van der Waals surface area contributed by atoms with E-state index < -0.39 is 0 Å². The Hall–Kier alpha value is -3.57. The molecule has 0 spiro atoms. The first-order valence-electron chi connectivity index (χ1n) is 11.8. The van der Waals surface area contributed by atoms with Crippen LogP contribution in [-0.4, -0.2) is 59.1 Å². The molecule has 3 aromatic rings. The molecule has 0 unspecified atom stereocenters. The topological polar surface area (TPSA) is 140 Å². The quantitative estimate of drug-likeness (QED) is 0.209. The van der Waals surface area contributed by atoms with Crippen molar-refractivity contribution in [3.8, 4) is 5.75 Å². The van der Waals surface area contributed by atoms with Gasteiger partial charge in [0.15, 0.2) is 27.8 Å². The van der Waals surface area contributed by atoms with Crippen molar-refractivity contribution in [1.82, 2.24) is 30.1 Å². The van der Waals surface area contributed by atoms with Crippen LogP contribution in [0.2, 0.25) is 5.15 Å². The number of imidazole rings is 1. The molecule has 2 aromatic heterocycles. The monoisotopic (exact) mass is 516 g/mol. The van der Waals surface area contributed by atoms with Gasteiger partial charge in [0.1, 0.15) is 24.6 Å². The Morgan fingerprint density at radius 1 is 1.22 bits per heavy atom. The minimum Gasteiger partial charge on any atom is -0.492 e. The Labute approximate surface area is 216 Å². The van der Waals surface area contributed by atoms with E-state index in [2.05, 4.69) is 50.2 Å². The van der Waals surface area contributed by atoms with Crippen LogP contribution in [0.25, 0.3) is 16.7 Å². The molecule has 0 aliphatic rings. The number of nitrogens with two attached hydrogens (primary N) is 2. The van der Waals surface area contributed by atoms with E-state index in [1.807, 2.05) is 37.2 Å². The molecule has 0 bridgehead atoms. The lowest BCUT2D eigenvalue weighted by Crippen LogP contribution is -2.39. The standard InChI is InChI=1S/C24H34ClN9O2/c1-6-33-17-9-8-16(36-11-10-28-19(35)14-32(4)5)12-18(17)34(7-2)20(33)13-29-15(3)21-23(26)31-24(27)22(25)30-21/h8-9,12,29H,3,6-7,10-11,13-14H2,1-2,4-5H3,(H4-,26,27,28,31,35)/p+1. The largest absolute Gasteiger partial charge is 0.492 e. The molecule has 0 saturated heterocycles. The minimum atomic E-state index is -0.0318. The Balaban J connectivity index is 1.76. The number of hydrogen-bond donors (Lipinski definition) is 4. The molecule has 0 atom stereocenters. The van der Waals surface area contributed by atoms with Crippen LogP contribution in [-0.2, 0) is 24.4 Å². The molecular weight excluding hydrogens is 482 g/mol. The number of aryl methyl sites for hydroxylation is 2. The van der Waals surface area contributed by atoms with Crippen molar-refractivity contribution in [2.24, 2.45) is 0 Å². The van der Waals surface area contributed by atoms with Gasteiger partial charge in [0.05, 0.1) is 31.9 Å². The molecule has 0 aliphatic heterocycles. The molecule has 1 aromatic carbocycles. The molecule has 6 N–H and O–H groups in total. The number of benzene rings is 1. The van der Waals surface area contributed by atoms with Crippen LogP contribution in [0.5, 0.6) is 5.75 Å². The summed E-state index contributed by atoms with van der Waals surface area (Å²) in [5.74, 6) is 2.00. The number of halogens is 1. The average molecular weight is 517 g/mol. The number of carbonyl (C=O) groups excluding carboxylic acids is 1. The molecule has 194 valence electrons. The van der Waals surface area contributed by atoms with E-state index in [4.69, 9.17) is 27.8 Å². The smallest absolute Gasteiger partial charge is 0.277 e. The lowest BCUT2D eigenvalue weighted by atomic mass is 10.3. The molecule has 0 fully saturated rings. The third-order valence-electron chi connectivity index (χ3n) is 5.59. The Kier molecular flexibility index (Phi) is 8.94. The number of ether oxygens (including phenoxy) is 1. The fourth-order valence-electron chi connectivity index (χ4n) is 3.99. The van der Waals surface area contributed by atoms with Crippen LogP contribution >= 0.6 is 11.6 Å². The van der Waals surface area contributed by atoms with Gasteiger partial charge >= 0.3 is 0 Å². The van der Waals surface area contributed by atoms with Gasteiger partial charge in [-0.25, -0.2) is 19.1 Å². The van der Waals surface area contributed by atoms with E-state index in [1.54, 1.807) is 0 Å². The number of hydrogen-bond acceptors (Lipinski definition) is 8. The van der Waals surface area contributed by atoms with Crippen molar-refractivity contribution in [2.45, 2.75) is 33.5 Å². The van der Waals surface area contributed by atoms with E-state index >= 15 is 0 Å². The summed E-state index contributed by atoms with van der Waals surface area (Å²) in [5, 5.41) is 6.23. The molecule has 1 amide bonds. The maximum atomic E-state index is 11.8. The molecule has 0 radical (unpaired) electrons. The van der Waals surface area contributed by atoms with Crippen molar-refractivity contribution in [1.29, 1.82) is 0 Å². The van der Waals surface area contributed by atoms with Crippen LogP contribution in [0.4, 0.5) is 11.6 Å². The molecule has 11 nitrogen and oxygen atoms in total. The summed E-state index contributed by atoms with van der Waals surface area (Å²) >= 11 is 6.03. The number of nitrogens with one attached hydrogen (secondary N) is 2. The molecule has 0 aliphatic carbocycles. The maximum Gasteiger partial charge on any atom is 0.277 e. The highest BCUT2D eigenvalue weighted by molar-refractivity contribution is 6.31. The van der Waals surface area contributed by atoms with Gasteiger partial charge in [0.2, 0.25) is 5.91 Å². The number of rotatable bonds is 12. The molecular formula is C24H35ClN9O2+.